The average molecular weight is 469 g/mol. The van der Waals surface area contributed by atoms with Gasteiger partial charge in [-0.25, -0.2) is 9.78 Å². The lowest BCUT2D eigenvalue weighted by Crippen LogP contribution is -2.36. The van der Waals surface area contributed by atoms with E-state index in [0.29, 0.717) is 33.7 Å². The highest BCUT2D eigenvalue weighted by molar-refractivity contribution is 7.99. The zero-order chi connectivity index (χ0) is 22.2. The largest absolute Gasteiger partial charge is 0.370 e. The number of carbonyl (C=O) groups excluding carboxylic acids is 1. The number of carbonyl (C=O) groups is 1. The highest BCUT2D eigenvalue weighted by Crippen LogP contribution is 2.42. The molecule has 0 aromatic carbocycles. The number of rotatable bonds is 5. The first-order valence-electron chi connectivity index (χ1n) is 10.7. The number of urea groups is 1. The minimum absolute atomic E-state index is 0.0940. The second-order valence-electron chi connectivity index (χ2n) is 8.28. The molecule has 9 nitrogen and oxygen atoms in total. The Hall–Kier alpha value is -2.84. The van der Waals surface area contributed by atoms with Crippen molar-refractivity contribution in [3.63, 3.8) is 0 Å². The van der Waals surface area contributed by atoms with Crippen molar-refractivity contribution in [1.82, 2.24) is 24.2 Å². The molecule has 0 spiro atoms. The van der Waals surface area contributed by atoms with Crippen LogP contribution in [0.4, 0.5) is 15.6 Å². The van der Waals surface area contributed by atoms with Gasteiger partial charge in [0, 0.05) is 55.5 Å². The highest BCUT2D eigenvalue weighted by Gasteiger charge is 2.44. The fraction of sp³-hybridized carbons (Fsp3) is 0.476. The van der Waals surface area contributed by atoms with Gasteiger partial charge in [-0.2, -0.15) is 14.6 Å². The fourth-order valence-corrected chi connectivity index (χ4v) is 6.27. The number of pyridine rings is 1. The van der Waals surface area contributed by atoms with E-state index in [0.717, 1.165) is 48.4 Å². The van der Waals surface area contributed by atoms with Crippen molar-refractivity contribution in [2.75, 3.05) is 36.1 Å². The summed E-state index contributed by atoms with van der Waals surface area (Å²) in [5, 5.41) is 14.8. The van der Waals surface area contributed by atoms with Gasteiger partial charge in [0.2, 0.25) is 10.3 Å². The highest BCUT2D eigenvalue weighted by atomic mass is 32.2. The van der Waals surface area contributed by atoms with Crippen molar-refractivity contribution in [2.45, 2.75) is 31.0 Å². The number of thioether (sulfide) groups is 1. The second-order valence-corrected chi connectivity index (χ2v) is 10.3. The van der Waals surface area contributed by atoms with E-state index in [-0.39, 0.29) is 6.03 Å². The maximum atomic E-state index is 12.7. The minimum Gasteiger partial charge on any atom is -0.370 e. The summed E-state index contributed by atoms with van der Waals surface area (Å²) in [7, 11) is 2.07. The van der Waals surface area contributed by atoms with Gasteiger partial charge in [-0.1, -0.05) is 18.7 Å². The minimum atomic E-state index is -0.0940. The topological polar surface area (TPSA) is 114 Å². The number of nitrogens with zero attached hydrogens (tertiary/aromatic N) is 6. The summed E-state index contributed by atoms with van der Waals surface area (Å²) < 4.78 is 4.26. The van der Waals surface area contributed by atoms with Crippen molar-refractivity contribution in [3.05, 3.63) is 24.0 Å². The Morgan fingerprint density at radius 2 is 2.22 bits per heavy atom. The van der Waals surface area contributed by atoms with Gasteiger partial charge in [-0.3, -0.25) is 5.32 Å². The SMILES string of the molecule is CCSc1nsc(NC(=O)N2CC3CC(N(C)c4c(C#N)cnc5[nH]ccc45)C[C@H]3C2)n1. The van der Waals surface area contributed by atoms with E-state index < -0.39 is 0 Å². The quantitative estimate of drug-likeness (QED) is 0.548. The Morgan fingerprint density at radius 3 is 2.94 bits per heavy atom. The summed E-state index contributed by atoms with van der Waals surface area (Å²) in [5.41, 5.74) is 2.33. The third-order valence-corrected chi connectivity index (χ3v) is 7.96. The number of H-pyrrole nitrogens is 1. The van der Waals surface area contributed by atoms with Crippen molar-refractivity contribution >= 4 is 51.2 Å². The molecule has 1 saturated heterocycles. The third-order valence-electron chi connectivity index (χ3n) is 6.49. The molecule has 3 aromatic heterocycles. The van der Waals surface area contributed by atoms with Crippen LogP contribution in [0.5, 0.6) is 0 Å². The molecule has 0 radical (unpaired) electrons. The number of aromatic nitrogens is 4. The zero-order valence-electron chi connectivity index (χ0n) is 17.9. The Bertz CT molecular complexity index is 1170. The number of likely N-dealkylation sites (tertiary alicyclic amines) is 1. The molecule has 2 fully saturated rings. The Kier molecular flexibility index (Phi) is 5.65. The number of aromatic amines is 1. The standard InChI is InChI=1S/C21H24N8OS2/c1-3-31-20-25-19(32-27-20)26-21(30)29-10-12-6-15(7-13(12)11-29)28(2)17-14(8-22)9-24-18-16(17)4-5-23-18/h4-5,9,12-13,15H,3,6-7,10-11H2,1-2H3,(H,23,24)(H,25,26,27,30)/t12-,13?,15?/m0/s1. The molecule has 2 N–H and O–H groups in total. The molecule has 2 unspecified atom stereocenters. The molecule has 2 aliphatic rings. The average Bonchev–Trinajstić information content (AvgIpc) is 3.55. The Morgan fingerprint density at radius 1 is 1.44 bits per heavy atom. The summed E-state index contributed by atoms with van der Waals surface area (Å²) >= 11 is 2.79. The molecule has 3 atom stereocenters. The molecule has 4 heterocycles. The molecule has 3 aromatic rings. The predicted molar refractivity (Wildman–Crippen MR) is 126 cm³/mol. The lowest BCUT2D eigenvalue weighted by atomic mass is 10.0. The number of amides is 2. The van der Waals surface area contributed by atoms with Gasteiger partial charge in [0.25, 0.3) is 0 Å². The summed E-state index contributed by atoms with van der Waals surface area (Å²) in [6.07, 6.45) is 5.50. The number of hydrogen-bond acceptors (Lipinski definition) is 8. The second kappa shape index (κ2) is 8.60. The first kappa shape index (κ1) is 21.0. The maximum Gasteiger partial charge on any atom is 0.323 e. The molecule has 2 amide bonds. The summed E-state index contributed by atoms with van der Waals surface area (Å²) in [4.78, 5) is 28.7. The molecule has 1 aliphatic carbocycles. The van der Waals surface area contributed by atoms with Crippen LogP contribution in [-0.2, 0) is 0 Å². The molecular formula is C21H24N8OS2. The Balaban J connectivity index is 1.24. The van der Waals surface area contributed by atoms with Crippen molar-refractivity contribution in [1.29, 1.82) is 5.26 Å². The molecule has 0 bridgehead atoms. The molecule has 5 rings (SSSR count). The smallest absolute Gasteiger partial charge is 0.323 e. The third kappa shape index (κ3) is 3.78. The van der Waals surface area contributed by atoms with E-state index in [9.17, 15) is 10.1 Å². The van der Waals surface area contributed by atoms with Crippen LogP contribution in [0.25, 0.3) is 11.0 Å². The van der Waals surface area contributed by atoms with Crippen LogP contribution in [0, 0.1) is 23.2 Å². The van der Waals surface area contributed by atoms with E-state index in [1.807, 2.05) is 24.1 Å². The van der Waals surface area contributed by atoms with Crippen LogP contribution >= 0.6 is 23.3 Å². The molecule has 1 saturated carbocycles. The number of anilines is 2. The van der Waals surface area contributed by atoms with Gasteiger partial charge in [0.15, 0.2) is 0 Å². The molecule has 1 aliphatic heterocycles. The van der Waals surface area contributed by atoms with Crippen LogP contribution in [0.2, 0.25) is 0 Å². The number of nitrogens with one attached hydrogen (secondary N) is 2. The van der Waals surface area contributed by atoms with E-state index in [4.69, 9.17) is 0 Å². The van der Waals surface area contributed by atoms with E-state index in [2.05, 4.69) is 42.7 Å². The van der Waals surface area contributed by atoms with Crippen molar-refractivity contribution in [2.24, 2.45) is 11.8 Å². The maximum absolute atomic E-state index is 12.7. The summed E-state index contributed by atoms with van der Waals surface area (Å²) in [5.74, 6) is 1.83. The normalized spacial score (nSPS) is 22.2. The van der Waals surface area contributed by atoms with Crippen LogP contribution in [0.1, 0.15) is 25.3 Å². The van der Waals surface area contributed by atoms with Gasteiger partial charge < -0.3 is 14.8 Å². The van der Waals surface area contributed by atoms with Gasteiger partial charge in [0.05, 0.1) is 11.3 Å². The van der Waals surface area contributed by atoms with E-state index >= 15 is 0 Å². The summed E-state index contributed by atoms with van der Waals surface area (Å²) in [6.45, 7) is 3.54. The van der Waals surface area contributed by atoms with Crippen molar-refractivity contribution in [3.8, 4) is 6.07 Å². The van der Waals surface area contributed by atoms with Crippen LogP contribution in [-0.4, -0.2) is 62.2 Å². The molecule has 11 heteroatoms. The monoisotopic (exact) mass is 468 g/mol. The number of hydrogen-bond donors (Lipinski definition) is 2. The molecular weight excluding hydrogens is 444 g/mol. The Labute approximate surface area is 194 Å². The predicted octanol–water partition coefficient (Wildman–Crippen LogP) is 3.78. The lowest BCUT2D eigenvalue weighted by molar-refractivity contribution is 0.218. The first-order chi connectivity index (χ1) is 15.6. The zero-order valence-corrected chi connectivity index (χ0v) is 19.5. The van der Waals surface area contributed by atoms with Gasteiger partial charge >= 0.3 is 6.03 Å². The van der Waals surface area contributed by atoms with Crippen LogP contribution < -0.4 is 10.2 Å². The van der Waals surface area contributed by atoms with Gasteiger partial charge in [0.1, 0.15) is 11.7 Å². The van der Waals surface area contributed by atoms with Gasteiger partial charge in [-0.05, 0) is 36.5 Å². The van der Waals surface area contributed by atoms with Crippen LogP contribution in [0.15, 0.2) is 23.6 Å². The number of fused-ring (bicyclic) bond motifs is 2. The van der Waals surface area contributed by atoms with E-state index in [1.54, 1.807) is 18.0 Å². The first-order valence-corrected chi connectivity index (χ1v) is 12.4. The molecule has 166 valence electrons. The van der Waals surface area contributed by atoms with E-state index in [1.165, 1.54) is 11.5 Å². The summed E-state index contributed by atoms with van der Waals surface area (Å²) in [6, 6.07) is 4.52. The molecule has 32 heavy (non-hydrogen) atoms. The number of nitriles is 1. The lowest BCUT2D eigenvalue weighted by Gasteiger charge is -2.29. The van der Waals surface area contributed by atoms with Gasteiger partial charge in [-0.15, -0.1) is 0 Å². The van der Waals surface area contributed by atoms with Crippen molar-refractivity contribution < 1.29 is 4.79 Å². The fourth-order valence-electron chi connectivity index (χ4n) is 5.01. The van der Waals surface area contributed by atoms with Crippen LogP contribution in [0.3, 0.4) is 0 Å².